The predicted molar refractivity (Wildman–Crippen MR) is 361 cm³/mol. The molecule has 482 valence electrons. The fourth-order valence-corrected chi connectivity index (χ4v) is 11.4. The summed E-state index contributed by atoms with van der Waals surface area (Å²) < 4.78 is 5.47. The van der Waals surface area contributed by atoms with E-state index in [1.54, 1.807) is 6.08 Å². The monoisotopic (exact) mass is 1150 g/mol. The van der Waals surface area contributed by atoms with Crippen LogP contribution in [0, 0.1) is 0 Å². The Morgan fingerprint density at radius 1 is 0.341 bits per heavy atom. The zero-order valence-electron chi connectivity index (χ0n) is 55.2. The Hall–Kier alpha value is -2.18. The summed E-state index contributed by atoms with van der Waals surface area (Å²) in [4.78, 5) is 24.6. The van der Waals surface area contributed by atoms with Crippen LogP contribution < -0.4 is 5.32 Å². The van der Waals surface area contributed by atoms with Crippen LogP contribution in [0.1, 0.15) is 399 Å². The molecule has 0 bridgehead atoms. The van der Waals surface area contributed by atoms with Crippen molar-refractivity contribution in [3.63, 3.8) is 0 Å². The minimum absolute atomic E-state index is 0.00292. The molecule has 0 fully saturated rings. The summed E-state index contributed by atoms with van der Waals surface area (Å²) in [5.74, 6) is -0.0607. The molecule has 0 aromatic carbocycles. The molecule has 1 amide bonds. The van der Waals surface area contributed by atoms with Gasteiger partial charge in [0.05, 0.1) is 25.4 Å². The van der Waals surface area contributed by atoms with E-state index in [-0.39, 0.29) is 18.5 Å². The van der Waals surface area contributed by atoms with Gasteiger partial charge in [0.25, 0.3) is 0 Å². The van der Waals surface area contributed by atoms with E-state index < -0.39 is 12.1 Å². The Kier molecular flexibility index (Phi) is 69.4. The minimum atomic E-state index is -0.846. The van der Waals surface area contributed by atoms with Gasteiger partial charge in [-0.05, 0) is 89.9 Å². The van der Waals surface area contributed by atoms with Gasteiger partial charge in [-0.1, -0.05) is 345 Å². The Morgan fingerprint density at radius 3 is 0.963 bits per heavy atom. The van der Waals surface area contributed by atoms with Crippen molar-refractivity contribution in [3.8, 4) is 0 Å². The van der Waals surface area contributed by atoms with Crippen LogP contribution in [-0.2, 0) is 14.3 Å². The lowest BCUT2D eigenvalue weighted by Crippen LogP contribution is -2.45. The molecule has 0 saturated heterocycles. The van der Waals surface area contributed by atoms with Crippen LogP contribution in [0.25, 0.3) is 0 Å². The number of rotatable bonds is 69. The molecule has 0 aliphatic rings. The van der Waals surface area contributed by atoms with Gasteiger partial charge in [0, 0.05) is 12.8 Å². The maximum Gasteiger partial charge on any atom is 0.305 e. The molecule has 0 spiro atoms. The first kappa shape index (κ1) is 79.8. The third-order valence-corrected chi connectivity index (χ3v) is 17.1. The van der Waals surface area contributed by atoms with Gasteiger partial charge in [-0.2, -0.15) is 0 Å². The molecular weight excluding hydrogens is 1010 g/mol. The highest BCUT2D eigenvalue weighted by molar-refractivity contribution is 5.76. The lowest BCUT2D eigenvalue weighted by Gasteiger charge is -2.20. The second kappa shape index (κ2) is 71.3. The Morgan fingerprint density at radius 2 is 0.610 bits per heavy atom. The highest BCUT2D eigenvalue weighted by Gasteiger charge is 2.18. The van der Waals surface area contributed by atoms with Crippen LogP contribution in [-0.4, -0.2) is 47.4 Å². The summed E-state index contributed by atoms with van der Waals surface area (Å²) in [6.07, 6.45) is 93.5. The van der Waals surface area contributed by atoms with Crippen molar-refractivity contribution in [2.24, 2.45) is 0 Å². The summed E-state index contributed by atoms with van der Waals surface area (Å²) in [7, 11) is 0. The van der Waals surface area contributed by atoms with Crippen molar-refractivity contribution in [1.82, 2.24) is 5.32 Å². The van der Waals surface area contributed by atoms with E-state index in [1.807, 2.05) is 6.08 Å². The molecule has 0 heterocycles. The number of carbonyl (C=O) groups is 2. The smallest absolute Gasteiger partial charge is 0.305 e. The summed E-state index contributed by atoms with van der Waals surface area (Å²) in [5.41, 5.74) is 0. The standard InChI is InChI=1S/C76H143NO5/c1-3-5-7-9-11-13-15-17-18-19-20-21-33-36-39-42-45-48-52-56-60-64-68-74(79)73(72-78)77-75(80)69-65-61-57-53-49-46-43-40-37-34-31-29-27-25-23-22-24-26-28-30-32-35-38-41-44-47-51-55-59-63-67-71-82-76(81)70-66-62-58-54-50-16-14-12-10-8-6-4-2/h12,14,24,26,30,32,64,68,73-74,78-79H,3-11,13,15-23,25,27-29,31,33-63,65-67,69-72H2,1-2H3,(H,77,80)/b14-12-,26-24-,32-30-,68-64+. The number of unbranched alkanes of at least 4 members (excludes halogenated alkanes) is 52. The second-order valence-corrected chi connectivity index (χ2v) is 25.3. The number of nitrogens with one attached hydrogen (secondary N) is 1. The highest BCUT2D eigenvalue weighted by atomic mass is 16.5. The van der Waals surface area contributed by atoms with E-state index in [9.17, 15) is 19.8 Å². The normalized spacial score (nSPS) is 12.8. The van der Waals surface area contributed by atoms with E-state index >= 15 is 0 Å². The molecule has 0 aliphatic heterocycles. The number of hydrogen-bond donors (Lipinski definition) is 3. The van der Waals surface area contributed by atoms with E-state index in [0.717, 1.165) is 51.4 Å². The molecule has 3 N–H and O–H groups in total. The number of esters is 1. The van der Waals surface area contributed by atoms with Crippen molar-refractivity contribution in [1.29, 1.82) is 0 Å². The van der Waals surface area contributed by atoms with Gasteiger partial charge in [0.15, 0.2) is 0 Å². The quantitative estimate of drug-likeness (QED) is 0.0320. The summed E-state index contributed by atoms with van der Waals surface area (Å²) in [6, 6.07) is -0.629. The van der Waals surface area contributed by atoms with Gasteiger partial charge in [-0.15, -0.1) is 0 Å². The Labute approximate surface area is 512 Å². The van der Waals surface area contributed by atoms with Gasteiger partial charge in [0.1, 0.15) is 0 Å². The molecule has 82 heavy (non-hydrogen) atoms. The van der Waals surface area contributed by atoms with Crippen molar-refractivity contribution in [2.75, 3.05) is 13.2 Å². The molecule has 6 heteroatoms. The zero-order valence-corrected chi connectivity index (χ0v) is 55.2. The molecule has 0 aromatic rings. The Balaban J connectivity index is 3.43. The molecule has 2 atom stereocenters. The molecule has 0 saturated carbocycles. The van der Waals surface area contributed by atoms with Gasteiger partial charge in [0.2, 0.25) is 5.91 Å². The first-order valence-electron chi connectivity index (χ1n) is 36.9. The average molecular weight is 1150 g/mol. The van der Waals surface area contributed by atoms with Crippen LogP contribution in [0.3, 0.4) is 0 Å². The van der Waals surface area contributed by atoms with Crippen molar-refractivity contribution >= 4 is 11.9 Å². The van der Waals surface area contributed by atoms with E-state index in [2.05, 4.69) is 55.6 Å². The number of allylic oxidation sites excluding steroid dienone is 7. The van der Waals surface area contributed by atoms with E-state index in [0.29, 0.717) is 19.4 Å². The van der Waals surface area contributed by atoms with Crippen molar-refractivity contribution in [2.45, 2.75) is 411 Å². The van der Waals surface area contributed by atoms with Gasteiger partial charge < -0.3 is 20.3 Å². The molecule has 0 rings (SSSR count). The fourth-order valence-electron chi connectivity index (χ4n) is 11.4. The van der Waals surface area contributed by atoms with Crippen LogP contribution >= 0.6 is 0 Å². The molecule has 6 nitrogen and oxygen atoms in total. The fraction of sp³-hybridized carbons (Fsp3) is 0.868. The molecule has 0 aliphatic carbocycles. The minimum Gasteiger partial charge on any atom is -0.466 e. The summed E-state index contributed by atoms with van der Waals surface area (Å²) in [5, 5.41) is 23.3. The Bertz CT molecular complexity index is 1370. The topological polar surface area (TPSA) is 95.9 Å². The van der Waals surface area contributed by atoms with E-state index in [1.165, 1.54) is 321 Å². The number of aliphatic hydroxyl groups is 2. The predicted octanol–water partition coefficient (Wildman–Crippen LogP) is 24.0. The lowest BCUT2D eigenvalue weighted by atomic mass is 10.0. The van der Waals surface area contributed by atoms with Crippen LogP contribution in [0.2, 0.25) is 0 Å². The maximum absolute atomic E-state index is 12.5. The third-order valence-electron chi connectivity index (χ3n) is 17.1. The van der Waals surface area contributed by atoms with Crippen LogP contribution in [0.4, 0.5) is 0 Å². The zero-order chi connectivity index (χ0) is 59.2. The summed E-state index contributed by atoms with van der Waals surface area (Å²) in [6.45, 7) is 4.91. The molecular formula is C76H143NO5. The maximum atomic E-state index is 12.5. The first-order valence-corrected chi connectivity index (χ1v) is 36.9. The first-order chi connectivity index (χ1) is 40.5. The molecule has 2 unspecified atom stereocenters. The summed E-state index contributed by atoms with van der Waals surface area (Å²) >= 11 is 0. The number of hydrogen-bond acceptors (Lipinski definition) is 5. The van der Waals surface area contributed by atoms with Gasteiger partial charge >= 0.3 is 5.97 Å². The molecule has 0 radical (unpaired) electrons. The van der Waals surface area contributed by atoms with Crippen molar-refractivity contribution in [3.05, 3.63) is 48.6 Å². The molecule has 0 aromatic heterocycles. The number of amides is 1. The highest BCUT2D eigenvalue weighted by Crippen LogP contribution is 2.18. The van der Waals surface area contributed by atoms with Crippen molar-refractivity contribution < 1.29 is 24.5 Å². The number of carbonyl (C=O) groups excluding carboxylic acids is 2. The van der Waals surface area contributed by atoms with Gasteiger partial charge in [-0.3, -0.25) is 9.59 Å². The van der Waals surface area contributed by atoms with Crippen LogP contribution in [0.5, 0.6) is 0 Å². The largest absolute Gasteiger partial charge is 0.466 e. The number of ether oxygens (including phenoxy) is 1. The SMILES string of the molecule is CCCCC/C=C\CCCCCCCC(=O)OCCCCCCCCCCC/C=C\C/C=C\CCCCCCCCCCCCCCCCCC(=O)NC(CO)C(O)/C=C/CCCCCCCCCCCCCCCCCCCCCC. The van der Waals surface area contributed by atoms with Gasteiger partial charge in [-0.25, -0.2) is 0 Å². The van der Waals surface area contributed by atoms with E-state index in [4.69, 9.17) is 4.74 Å². The average Bonchev–Trinajstić information content (AvgIpc) is 3.48. The second-order valence-electron chi connectivity index (χ2n) is 25.3. The van der Waals surface area contributed by atoms with Crippen LogP contribution in [0.15, 0.2) is 48.6 Å². The third kappa shape index (κ3) is 67.0. The lowest BCUT2D eigenvalue weighted by molar-refractivity contribution is -0.143. The number of aliphatic hydroxyl groups excluding tert-OH is 2.